The smallest absolute Gasteiger partial charge is 0.324 e. The first kappa shape index (κ1) is 23.4. The normalized spacial score (nSPS) is 18.7. The summed E-state index contributed by atoms with van der Waals surface area (Å²) < 4.78 is 25.7. The van der Waals surface area contributed by atoms with Gasteiger partial charge in [0.1, 0.15) is 12.1 Å². The van der Waals surface area contributed by atoms with Gasteiger partial charge in [-0.15, -0.1) is 0 Å². The zero-order valence-electron chi connectivity index (χ0n) is 18.2. The summed E-state index contributed by atoms with van der Waals surface area (Å²) in [4.78, 5) is 39.4. The largest absolute Gasteiger partial charge is 0.325 e. The summed E-state index contributed by atoms with van der Waals surface area (Å²) in [7, 11) is -0.854. The van der Waals surface area contributed by atoms with Gasteiger partial charge in [0.25, 0.3) is 5.91 Å². The van der Waals surface area contributed by atoms with Crippen molar-refractivity contribution in [2.24, 2.45) is 0 Å². The molecule has 10 heteroatoms. The standard InChI is InChI=1S/C22H26N4O5S/c1-4-13-22(16-9-6-5-7-10-16)20(28)26(21(29)24-22)15-19(27)23-17-11-8-12-18(14-17)32(30,31)25(2)3/h5-12,14H,4,13,15H2,1-3H3,(H,23,27)(H,24,29)/t22-/m1/s1. The van der Waals surface area contributed by atoms with Crippen molar-refractivity contribution in [1.29, 1.82) is 0 Å². The number of anilines is 1. The molecule has 0 bridgehead atoms. The molecule has 0 unspecified atom stereocenters. The van der Waals surface area contributed by atoms with Gasteiger partial charge in [0.2, 0.25) is 15.9 Å². The molecule has 2 aromatic rings. The Balaban J connectivity index is 1.79. The molecule has 0 aromatic heterocycles. The second-order valence-corrected chi connectivity index (χ2v) is 9.86. The number of hydrogen-bond donors (Lipinski definition) is 2. The van der Waals surface area contributed by atoms with Crippen LogP contribution in [0.4, 0.5) is 10.5 Å². The molecule has 1 fully saturated rings. The van der Waals surface area contributed by atoms with Gasteiger partial charge in [-0.05, 0) is 30.2 Å². The molecule has 4 amide bonds. The average molecular weight is 459 g/mol. The summed E-state index contributed by atoms with van der Waals surface area (Å²) >= 11 is 0. The Bertz CT molecular complexity index is 1130. The molecule has 1 saturated heterocycles. The maximum Gasteiger partial charge on any atom is 0.325 e. The Labute approximate surface area is 187 Å². The van der Waals surface area contributed by atoms with Crippen LogP contribution in [0.3, 0.4) is 0 Å². The molecule has 1 aliphatic heterocycles. The third kappa shape index (κ3) is 4.37. The van der Waals surface area contributed by atoms with E-state index >= 15 is 0 Å². The number of nitrogens with one attached hydrogen (secondary N) is 2. The number of imide groups is 1. The monoisotopic (exact) mass is 458 g/mol. The summed E-state index contributed by atoms with van der Waals surface area (Å²) in [6.45, 7) is 1.42. The zero-order valence-corrected chi connectivity index (χ0v) is 19.0. The number of nitrogens with zero attached hydrogens (tertiary/aromatic N) is 2. The van der Waals surface area contributed by atoms with Crippen LogP contribution >= 0.6 is 0 Å². The van der Waals surface area contributed by atoms with E-state index in [9.17, 15) is 22.8 Å². The summed E-state index contributed by atoms with van der Waals surface area (Å²) in [5.41, 5.74) is -0.315. The third-order valence-corrected chi connectivity index (χ3v) is 7.08. The quantitative estimate of drug-likeness (QED) is 0.588. The Hall–Kier alpha value is -3.24. The Morgan fingerprint density at radius 2 is 1.78 bits per heavy atom. The molecule has 0 radical (unpaired) electrons. The number of rotatable bonds is 8. The molecular formula is C22H26N4O5S. The first-order valence-electron chi connectivity index (χ1n) is 10.1. The molecule has 1 heterocycles. The van der Waals surface area contributed by atoms with E-state index in [-0.39, 0.29) is 10.6 Å². The van der Waals surface area contributed by atoms with E-state index in [1.165, 1.54) is 38.4 Å². The number of urea groups is 1. The van der Waals surface area contributed by atoms with Gasteiger partial charge in [-0.25, -0.2) is 17.5 Å². The maximum absolute atomic E-state index is 13.3. The van der Waals surface area contributed by atoms with Crippen molar-refractivity contribution in [1.82, 2.24) is 14.5 Å². The molecule has 9 nitrogen and oxygen atoms in total. The van der Waals surface area contributed by atoms with Gasteiger partial charge in [-0.3, -0.25) is 14.5 Å². The highest BCUT2D eigenvalue weighted by Crippen LogP contribution is 2.33. The highest BCUT2D eigenvalue weighted by molar-refractivity contribution is 7.89. The van der Waals surface area contributed by atoms with Gasteiger partial charge in [0.15, 0.2) is 0 Å². The van der Waals surface area contributed by atoms with Crippen LogP contribution in [-0.2, 0) is 25.2 Å². The predicted molar refractivity (Wildman–Crippen MR) is 119 cm³/mol. The van der Waals surface area contributed by atoms with Gasteiger partial charge in [0, 0.05) is 19.8 Å². The average Bonchev–Trinajstić information content (AvgIpc) is 2.99. The van der Waals surface area contributed by atoms with Gasteiger partial charge < -0.3 is 10.6 Å². The molecule has 2 aromatic carbocycles. The number of benzene rings is 2. The van der Waals surface area contributed by atoms with Gasteiger partial charge in [-0.1, -0.05) is 49.7 Å². The van der Waals surface area contributed by atoms with Crippen molar-refractivity contribution >= 4 is 33.6 Å². The van der Waals surface area contributed by atoms with E-state index < -0.39 is 40.0 Å². The van der Waals surface area contributed by atoms with Crippen molar-refractivity contribution in [3.05, 3.63) is 60.2 Å². The zero-order chi connectivity index (χ0) is 23.5. The van der Waals surface area contributed by atoms with Crippen LogP contribution in [0.15, 0.2) is 59.5 Å². The van der Waals surface area contributed by atoms with E-state index in [1.54, 1.807) is 24.3 Å². The van der Waals surface area contributed by atoms with Gasteiger partial charge in [0.05, 0.1) is 4.90 Å². The molecule has 0 spiro atoms. The van der Waals surface area contributed by atoms with E-state index in [0.717, 1.165) is 9.21 Å². The van der Waals surface area contributed by atoms with Crippen LogP contribution in [-0.4, -0.2) is 56.1 Å². The van der Waals surface area contributed by atoms with Crippen molar-refractivity contribution < 1.29 is 22.8 Å². The van der Waals surface area contributed by atoms with Gasteiger partial charge in [-0.2, -0.15) is 0 Å². The Morgan fingerprint density at radius 1 is 1.09 bits per heavy atom. The van der Waals surface area contributed by atoms with Crippen molar-refractivity contribution in [3.8, 4) is 0 Å². The third-order valence-electron chi connectivity index (χ3n) is 5.27. The first-order valence-corrected chi connectivity index (χ1v) is 11.6. The number of carbonyl (C=O) groups is 3. The second-order valence-electron chi connectivity index (χ2n) is 7.71. The summed E-state index contributed by atoms with van der Waals surface area (Å²) in [5, 5.41) is 5.33. The summed E-state index contributed by atoms with van der Waals surface area (Å²) in [5.74, 6) is -1.11. The van der Waals surface area contributed by atoms with Crippen LogP contribution in [0, 0.1) is 0 Å². The molecule has 170 valence electrons. The highest BCUT2D eigenvalue weighted by atomic mass is 32.2. The summed E-state index contributed by atoms with van der Waals surface area (Å²) in [6, 6.07) is 14.1. The van der Waals surface area contributed by atoms with Crippen LogP contribution in [0.25, 0.3) is 0 Å². The lowest BCUT2D eigenvalue weighted by Crippen LogP contribution is -2.44. The lowest BCUT2D eigenvalue weighted by Gasteiger charge is -2.26. The van der Waals surface area contributed by atoms with Crippen molar-refractivity contribution in [3.63, 3.8) is 0 Å². The van der Waals surface area contributed by atoms with Crippen LogP contribution < -0.4 is 10.6 Å². The molecule has 1 atom stereocenters. The lowest BCUT2D eigenvalue weighted by molar-refractivity contribution is -0.134. The molecular weight excluding hydrogens is 432 g/mol. The molecule has 0 aliphatic carbocycles. The maximum atomic E-state index is 13.3. The Morgan fingerprint density at radius 3 is 2.41 bits per heavy atom. The fourth-order valence-electron chi connectivity index (χ4n) is 3.67. The van der Waals surface area contributed by atoms with E-state index in [4.69, 9.17) is 0 Å². The topological polar surface area (TPSA) is 116 Å². The second kappa shape index (κ2) is 9.09. The number of amides is 4. The minimum Gasteiger partial charge on any atom is -0.324 e. The minimum absolute atomic E-state index is 0.0151. The van der Waals surface area contributed by atoms with Crippen molar-refractivity contribution in [2.45, 2.75) is 30.2 Å². The van der Waals surface area contributed by atoms with Crippen LogP contribution in [0.5, 0.6) is 0 Å². The fraction of sp³-hybridized carbons (Fsp3) is 0.318. The molecule has 2 N–H and O–H groups in total. The predicted octanol–water partition coefficient (Wildman–Crippen LogP) is 2.12. The Kier molecular flexibility index (Phi) is 6.65. The van der Waals surface area contributed by atoms with Gasteiger partial charge >= 0.3 is 6.03 Å². The molecule has 1 aliphatic rings. The van der Waals surface area contributed by atoms with Crippen LogP contribution in [0.1, 0.15) is 25.3 Å². The number of sulfonamides is 1. The minimum atomic E-state index is -3.67. The lowest BCUT2D eigenvalue weighted by atomic mass is 9.85. The summed E-state index contributed by atoms with van der Waals surface area (Å²) in [6.07, 6.45) is 1.04. The SMILES string of the molecule is CCC[C@]1(c2ccccc2)NC(=O)N(CC(=O)Nc2cccc(S(=O)(=O)N(C)C)c2)C1=O. The van der Waals surface area contributed by atoms with Crippen molar-refractivity contribution in [2.75, 3.05) is 26.0 Å². The van der Waals surface area contributed by atoms with E-state index in [2.05, 4.69) is 10.6 Å². The number of hydrogen-bond acceptors (Lipinski definition) is 5. The van der Waals surface area contributed by atoms with Crippen LogP contribution in [0.2, 0.25) is 0 Å². The van der Waals surface area contributed by atoms with E-state index in [0.29, 0.717) is 18.4 Å². The number of carbonyl (C=O) groups excluding carboxylic acids is 3. The first-order chi connectivity index (χ1) is 15.1. The van der Waals surface area contributed by atoms with E-state index in [1.807, 2.05) is 13.0 Å². The molecule has 3 rings (SSSR count). The molecule has 32 heavy (non-hydrogen) atoms. The molecule has 0 saturated carbocycles. The highest BCUT2D eigenvalue weighted by Gasteiger charge is 2.52. The fourth-order valence-corrected chi connectivity index (χ4v) is 4.61.